The lowest BCUT2D eigenvalue weighted by Crippen LogP contribution is -2.44. The first kappa shape index (κ1) is 29.4. The molecule has 0 aliphatic heterocycles. The van der Waals surface area contributed by atoms with Gasteiger partial charge in [0, 0.05) is 45.3 Å². The Bertz CT molecular complexity index is 1040. The molecular weight excluding hydrogens is 484 g/mol. The Hall–Kier alpha value is -1.82. The fourth-order valence-corrected chi connectivity index (χ4v) is 5.71. The molecule has 0 saturated carbocycles. The first-order chi connectivity index (χ1) is 16.4. The van der Waals surface area contributed by atoms with Gasteiger partial charge in [-0.15, -0.1) is 0 Å². The molecule has 0 aliphatic rings. The van der Waals surface area contributed by atoms with Gasteiger partial charge in [0.15, 0.2) is 0 Å². The molecular formula is C25H40N4O4S2. The highest BCUT2D eigenvalue weighted by Gasteiger charge is 2.17. The van der Waals surface area contributed by atoms with Crippen LogP contribution in [-0.2, 0) is 20.0 Å². The molecule has 0 bridgehead atoms. The molecule has 0 aliphatic carbocycles. The highest BCUT2D eigenvalue weighted by molar-refractivity contribution is 7.89. The van der Waals surface area contributed by atoms with Crippen molar-refractivity contribution < 1.29 is 16.8 Å². The molecule has 2 N–H and O–H groups in total. The Labute approximate surface area is 211 Å². The first-order valence-electron chi connectivity index (χ1n) is 12.0. The van der Waals surface area contributed by atoms with Crippen LogP contribution >= 0.6 is 0 Å². The zero-order chi connectivity index (χ0) is 26.1. The van der Waals surface area contributed by atoms with Crippen molar-refractivity contribution in [3.63, 3.8) is 0 Å². The van der Waals surface area contributed by atoms with Gasteiger partial charge in [-0.05, 0) is 58.5 Å². The molecule has 2 aromatic carbocycles. The first-order valence-corrected chi connectivity index (χ1v) is 15.0. The van der Waals surface area contributed by atoms with E-state index in [1.807, 2.05) is 13.8 Å². The molecule has 35 heavy (non-hydrogen) atoms. The number of hydrogen-bond donors (Lipinski definition) is 2. The van der Waals surface area contributed by atoms with Crippen LogP contribution in [0.5, 0.6) is 0 Å². The lowest BCUT2D eigenvalue weighted by atomic mass is 10.2. The minimum absolute atomic E-state index is 0.231. The maximum absolute atomic E-state index is 12.6. The molecule has 0 unspecified atom stereocenters. The van der Waals surface area contributed by atoms with E-state index in [4.69, 9.17) is 0 Å². The number of aryl methyl sites for hydroxylation is 2. The van der Waals surface area contributed by atoms with Gasteiger partial charge in [0.2, 0.25) is 20.0 Å². The SMILES string of the molecule is CCN(CCN(CCNS(=O)(=O)c1ccc(C)cc1)CCNS(=O)(=O)c1ccc(C)cc1)C(C)C. The van der Waals surface area contributed by atoms with Crippen LogP contribution < -0.4 is 9.44 Å². The minimum Gasteiger partial charge on any atom is -0.300 e. The van der Waals surface area contributed by atoms with Crippen molar-refractivity contribution in [2.75, 3.05) is 45.8 Å². The summed E-state index contributed by atoms with van der Waals surface area (Å²) in [6.07, 6.45) is 0. The molecule has 196 valence electrons. The Morgan fingerprint density at radius 1 is 0.686 bits per heavy atom. The lowest BCUT2D eigenvalue weighted by Gasteiger charge is -2.29. The van der Waals surface area contributed by atoms with Gasteiger partial charge in [0.05, 0.1) is 9.79 Å². The van der Waals surface area contributed by atoms with Crippen molar-refractivity contribution in [1.82, 2.24) is 19.2 Å². The summed E-state index contributed by atoms with van der Waals surface area (Å²) in [5.74, 6) is 0. The maximum Gasteiger partial charge on any atom is 0.240 e. The fourth-order valence-electron chi connectivity index (χ4n) is 3.66. The Kier molecular flexibility index (Phi) is 11.3. The van der Waals surface area contributed by atoms with E-state index >= 15 is 0 Å². The number of nitrogens with one attached hydrogen (secondary N) is 2. The van der Waals surface area contributed by atoms with E-state index in [1.165, 1.54) is 0 Å². The largest absolute Gasteiger partial charge is 0.300 e. The van der Waals surface area contributed by atoms with Gasteiger partial charge in [0.25, 0.3) is 0 Å². The van der Waals surface area contributed by atoms with Crippen molar-refractivity contribution in [3.05, 3.63) is 59.7 Å². The zero-order valence-corrected chi connectivity index (χ0v) is 23.1. The maximum atomic E-state index is 12.6. The van der Waals surface area contributed by atoms with E-state index in [9.17, 15) is 16.8 Å². The number of nitrogens with zero attached hydrogens (tertiary/aromatic N) is 2. The second kappa shape index (κ2) is 13.5. The summed E-state index contributed by atoms with van der Waals surface area (Å²) >= 11 is 0. The van der Waals surface area contributed by atoms with Crippen LogP contribution in [0.1, 0.15) is 31.9 Å². The fraction of sp³-hybridized carbons (Fsp3) is 0.520. The van der Waals surface area contributed by atoms with Gasteiger partial charge in [-0.1, -0.05) is 42.3 Å². The predicted octanol–water partition coefficient (Wildman–Crippen LogP) is 2.59. The molecule has 8 nitrogen and oxygen atoms in total. The summed E-state index contributed by atoms with van der Waals surface area (Å²) < 4.78 is 55.8. The number of likely N-dealkylation sites (N-methyl/N-ethyl adjacent to an activating group) is 1. The Balaban J connectivity index is 1.98. The van der Waals surface area contributed by atoms with E-state index < -0.39 is 20.0 Å². The molecule has 0 saturated heterocycles. The van der Waals surface area contributed by atoms with E-state index in [2.05, 4.69) is 40.0 Å². The molecule has 2 rings (SSSR count). The third kappa shape index (κ3) is 9.63. The highest BCUT2D eigenvalue weighted by atomic mass is 32.2. The topological polar surface area (TPSA) is 98.8 Å². The summed E-state index contributed by atoms with van der Waals surface area (Å²) in [6, 6.07) is 13.8. The van der Waals surface area contributed by atoms with Crippen LogP contribution in [-0.4, -0.2) is 78.5 Å². The van der Waals surface area contributed by atoms with E-state index in [-0.39, 0.29) is 22.9 Å². The number of rotatable bonds is 15. The van der Waals surface area contributed by atoms with Crippen molar-refractivity contribution in [3.8, 4) is 0 Å². The molecule has 0 fully saturated rings. The normalized spacial score (nSPS) is 12.7. The zero-order valence-electron chi connectivity index (χ0n) is 21.5. The second-order valence-electron chi connectivity index (χ2n) is 8.99. The van der Waals surface area contributed by atoms with Crippen LogP contribution in [0, 0.1) is 13.8 Å². The molecule has 0 aromatic heterocycles. The molecule has 0 heterocycles. The summed E-state index contributed by atoms with van der Waals surface area (Å²) in [6.45, 7) is 14.0. The lowest BCUT2D eigenvalue weighted by molar-refractivity contribution is 0.184. The van der Waals surface area contributed by atoms with Crippen LogP contribution in [0.4, 0.5) is 0 Å². The average molecular weight is 525 g/mol. The average Bonchev–Trinajstić information content (AvgIpc) is 2.79. The summed E-state index contributed by atoms with van der Waals surface area (Å²) in [5, 5.41) is 0. The Morgan fingerprint density at radius 3 is 1.43 bits per heavy atom. The molecule has 0 atom stereocenters. The van der Waals surface area contributed by atoms with Crippen LogP contribution in [0.25, 0.3) is 0 Å². The second-order valence-corrected chi connectivity index (χ2v) is 12.5. The van der Waals surface area contributed by atoms with E-state index in [0.717, 1.165) is 24.2 Å². The van der Waals surface area contributed by atoms with E-state index in [0.29, 0.717) is 25.7 Å². The van der Waals surface area contributed by atoms with Gasteiger partial charge in [-0.25, -0.2) is 26.3 Å². The molecule has 0 radical (unpaired) electrons. The van der Waals surface area contributed by atoms with E-state index in [1.54, 1.807) is 48.5 Å². The smallest absolute Gasteiger partial charge is 0.240 e. The third-order valence-corrected chi connectivity index (χ3v) is 8.90. The van der Waals surface area contributed by atoms with Crippen LogP contribution in [0.2, 0.25) is 0 Å². The third-order valence-electron chi connectivity index (χ3n) is 5.94. The van der Waals surface area contributed by atoms with Crippen molar-refractivity contribution in [1.29, 1.82) is 0 Å². The molecule has 10 heteroatoms. The van der Waals surface area contributed by atoms with Gasteiger partial charge in [0.1, 0.15) is 0 Å². The van der Waals surface area contributed by atoms with Crippen LogP contribution in [0.3, 0.4) is 0 Å². The van der Waals surface area contributed by atoms with Gasteiger partial charge >= 0.3 is 0 Å². The summed E-state index contributed by atoms with van der Waals surface area (Å²) in [7, 11) is -7.21. The summed E-state index contributed by atoms with van der Waals surface area (Å²) in [4.78, 5) is 4.87. The summed E-state index contributed by atoms with van der Waals surface area (Å²) in [5.41, 5.74) is 1.99. The quantitative estimate of drug-likeness (QED) is 0.372. The van der Waals surface area contributed by atoms with Crippen molar-refractivity contribution >= 4 is 20.0 Å². The van der Waals surface area contributed by atoms with Crippen molar-refractivity contribution in [2.45, 2.75) is 50.5 Å². The number of hydrogen-bond acceptors (Lipinski definition) is 6. The number of benzene rings is 2. The monoisotopic (exact) mass is 524 g/mol. The number of sulfonamides is 2. The van der Waals surface area contributed by atoms with Gasteiger partial charge < -0.3 is 0 Å². The van der Waals surface area contributed by atoms with Gasteiger partial charge in [-0.3, -0.25) is 9.80 Å². The minimum atomic E-state index is -3.60. The highest BCUT2D eigenvalue weighted by Crippen LogP contribution is 2.11. The van der Waals surface area contributed by atoms with Crippen molar-refractivity contribution in [2.24, 2.45) is 0 Å². The molecule has 2 aromatic rings. The Morgan fingerprint density at radius 2 is 1.09 bits per heavy atom. The molecule has 0 spiro atoms. The molecule has 0 amide bonds. The van der Waals surface area contributed by atoms with Crippen LogP contribution in [0.15, 0.2) is 58.3 Å². The van der Waals surface area contributed by atoms with Gasteiger partial charge in [-0.2, -0.15) is 0 Å². The predicted molar refractivity (Wildman–Crippen MR) is 142 cm³/mol. The standard InChI is InChI=1S/C25H40N4O4S2/c1-6-29(21(2)3)20-19-28(17-15-26-34(30,31)24-11-7-22(4)8-12-24)18-16-27-35(32,33)25-13-9-23(5)10-14-25/h7-14,21,26-27H,6,15-20H2,1-5H3.